The van der Waals surface area contributed by atoms with E-state index >= 15 is 0 Å². The van der Waals surface area contributed by atoms with Gasteiger partial charge in [0.15, 0.2) is 18.3 Å². The molecule has 30 heavy (non-hydrogen) atoms. The number of ether oxygens (including phenoxy) is 1. The van der Waals surface area contributed by atoms with Crippen LogP contribution in [0.5, 0.6) is 5.75 Å². The molecule has 0 saturated carbocycles. The number of carbonyl (C=O) groups excluding carboxylic acids is 1. The lowest BCUT2D eigenvalue weighted by atomic mass is 10.2. The molecule has 0 radical (unpaired) electrons. The minimum atomic E-state index is -4.36. The fourth-order valence-electron chi connectivity index (χ4n) is 2.46. The van der Waals surface area contributed by atoms with Crippen LogP contribution in [-0.4, -0.2) is 44.8 Å². The molecule has 0 atom stereocenters. The van der Waals surface area contributed by atoms with Gasteiger partial charge in [-0.2, -0.15) is 13.2 Å². The van der Waals surface area contributed by atoms with Crippen molar-refractivity contribution >= 4 is 11.9 Å². The van der Waals surface area contributed by atoms with E-state index in [1.165, 1.54) is 18.4 Å². The molecule has 0 saturated heterocycles. The van der Waals surface area contributed by atoms with Crippen molar-refractivity contribution in [2.45, 2.75) is 26.1 Å². The summed E-state index contributed by atoms with van der Waals surface area (Å²) in [5, 5.41) is 9.01. The fraction of sp³-hybridized carbons (Fsp3) is 0.400. The third-order valence-corrected chi connectivity index (χ3v) is 4.01. The van der Waals surface area contributed by atoms with E-state index < -0.39 is 12.8 Å². The van der Waals surface area contributed by atoms with Crippen LogP contribution in [0.1, 0.15) is 28.1 Å². The molecule has 0 aliphatic rings. The van der Waals surface area contributed by atoms with E-state index in [1.807, 2.05) is 0 Å². The monoisotopic (exact) mass is 426 g/mol. The van der Waals surface area contributed by atoms with Crippen LogP contribution in [0.2, 0.25) is 0 Å². The standard InChI is InChI=1S/C20H25F3N4O3/c1-14-8-11-29-17(14)18(28)25-9-3-10-26-19(24-2)27-12-15-4-6-16(7-5-15)30-13-20(21,22)23/h4-8,11H,3,9-10,12-13H2,1-2H3,(H,25,28)(H2,24,26,27). The Labute approximate surface area is 172 Å². The van der Waals surface area contributed by atoms with Gasteiger partial charge in [-0.3, -0.25) is 9.79 Å². The van der Waals surface area contributed by atoms with Gasteiger partial charge in [0.1, 0.15) is 5.75 Å². The quantitative estimate of drug-likeness (QED) is 0.326. The lowest BCUT2D eigenvalue weighted by Crippen LogP contribution is -2.38. The first-order valence-corrected chi connectivity index (χ1v) is 9.34. The van der Waals surface area contributed by atoms with E-state index in [4.69, 9.17) is 4.42 Å². The summed E-state index contributed by atoms with van der Waals surface area (Å²) >= 11 is 0. The number of amides is 1. The Morgan fingerprint density at radius 2 is 1.80 bits per heavy atom. The largest absolute Gasteiger partial charge is 0.484 e. The Morgan fingerprint density at radius 3 is 2.40 bits per heavy atom. The van der Waals surface area contributed by atoms with Crippen molar-refractivity contribution in [3.63, 3.8) is 0 Å². The number of nitrogens with zero attached hydrogens (tertiary/aromatic N) is 1. The second kappa shape index (κ2) is 11.1. The first kappa shape index (κ1) is 23.1. The summed E-state index contributed by atoms with van der Waals surface area (Å²) in [7, 11) is 1.63. The SMILES string of the molecule is CN=C(NCCCNC(=O)c1occc1C)NCc1ccc(OCC(F)(F)F)cc1. The Bertz CT molecular complexity index is 833. The van der Waals surface area contributed by atoms with Crippen molar-refractivity contribution in [2.24, 2.45) is 4.99 Å². The number of alkyl halides is 3. The van der Waals surface area contributed by atoms with Crippen molar-refractivity contribution in [3.8, 4) is 5.75 Å². The van der Waals surface area contributed by atoms with Crippen LogP contribution < -0.4 is 20.7 Å². The number of aryl methyl sites for hydroxylation is 1. The van der Waals surface area contributed by atoms with Crippen LogP contribution in [0.4, 0.5) is 13.2 Å². The summed E-state index contributed by atoms with van der Waals surface area (Å²) in [4.78, 5) is 16.0. The molecule has 2 aromatic rings. The van der Waals surface area contributed by atoms with Crippen LogP contribution in [0.25, 0.3) is 0 Å². The van der Waals surface area contributed by atoms with Gasteiger partial charge < -0.3 is 25.1 Å². The smallest absolute Gasteiger partial charge is 0.422 e. The van der Waals surface area contributed by atoms with Crippen LogP contribution in [-0.2, 0) is 6.54 Å². The predicted molar refractivity (Wildman–Crippen MR) is 107 cm³/mol. The van der Waals surface area contributed by atoms with E-state index in [-0.39, 0.29) is 11.7 Å². The third-order valence-electron chi connectivity index (χ3n) is 4.01. The highest BCUT2D eigenvalue weighted by Gasteiger charge is 2.28. The highest BCUT2D eigenvalue weighted by molar-refractivity contribution is 5.92. The molecule has 0 unspecified atom stereocenters. The van der Waals surface area contributed by atoms with Gasteiger partial charge in [-0.15, -0.1) is 0 Å². The molecule has 3 N–H and O–H groups in total. The maximum Gasteiger partial charge on any atom is 0.422 e. The Balaban J connectivity index is 1.65. The van der Waals surface area contributed by atoms with Gasteiger partial charge in [-0.05, 0) is 37.1 Å². The molecule has 0 spiro atoms. The minimum Gasteiger partial charge on any atom is -0.484 e. The molecule has 7 nitrogen and oxygen atoms in total. The van der Waals surface area contributed by atoms with Gasteiger partial charge >= 0.3 is 6.18 Å². The first-order valence-electron chi connectivity index (χ1n) is 9.34. The summed E-state index contributed by atoms with van der Waals surface area (Å²) in [6, 6.07) is 8.07. The molecule has 1 heterocycles. The summed E-state index contributed by atoms with van der Waals surface area (Å²) in [6.45, 7) is 1.98. The third kappa shape index (κ3) is 8.06. The minimum absolute atomic E-state index is 0.158. The molecular weight excluding hydrogens is 401 g/mol. The Morgan fingerprint density at radius 1 is 1.10 bits per heavy atom. The number of hydrogen-bond acceptors (Lipinski definition) is 4. The number of benzene rings is 1. The average molecular weight is 426 g/mol. The van der Waals surface area contributed by atoms with E-state index in [0.29, 0.717) is 37.8 Å². The van der Waals surface area contributed by atoms with Gasteiger partial charge in [0, 0.05) is 32.2 Å². The number of carbonyl (C=O) groups is 1. The van der Waals surface area contributed by atoms with Crippen LogP contribution in [0.3, 0.4) is 0 Å². The van der Waals surface area contributed by atoms with Gasteiger partial charge in [0.05, 0.1) is 6.26 Å². The lowest BCUT2D eigenvalue weighted by Gasteiger charge is -2.13. The Kier molecular flexibility index (Phi) is 8.57. The van der Waals surface area contributed by atoms with Crippen LogP contribution in [0.15, 0.2) is 46.0 Å². The van der Waals surface area contributed by atoms with Gasteiger partial charge in [0.2, 0.25) is 0 Å². The molecule has 0 fully saturated rings. The highest BCUT2D eigenvalue weighted by atomic mass is 19.4. The van der Waals surface area contributed by atoms with Crippen molar-refractivity contribution in [2.75, 3.05) is 26.7 Å². The van der Waals surface area contributed by atoms with Gasteiger partial charge in [-0.25, -0.2) is 0 Å². The second-order valence-electron chi connectivity index (χ2n) is 6.44. The predicted octanol–water partition coefficient (Wildman–Crippen LogP) is 3.01. The summed E-state index contributed by atoms with van der Waals surface area (Å²) in [5.41, 5.74) is 1.65. The number of hydrogen-bond donors (Lipinski definition) is 3. The molecule has 0 bridgehead atoms. The summed E-state index contributed by atoms with van der Waals surface area (Å²) in [6.07, 6.45) is -2.21. The Hall–Kier alpha value is -3.17. The number of furan rings is 1. The average Bonchev–Trinajstić information content (AvgIpc) is 3.14. The molecule has 0 aliphatic heterocycles. The van der Waals surface area contributed by atoms with Crippen molar-refractivity contribution in [1.82, 2.24) is 16.0 Å². The summed E-state index contributed by atoms with van der Waals surface area (Å²) < 4.78 is 46.3. The first-order chi connectivity index (χ1) is 14.3. The van der Waals surface area contributed by atoms with Crippen molar-refractivity contribution in [3.05, 3.63) is 53.5 Å². The summed E-state index contributed by atoms with van der Waals surface area (Å²) in [5.74, 6) is 0.795. The second-order valence-corrected chi connectivity index (χ2v) is 6.44. The maximum atomic E-state index is 12.2. The normalized spacial score (nSPS) is 11.8. The number of guanidine groups is 1. The fourth-order valence-corrected chi connectivity index (χ4v) is 2.46. The molecule has 1 amide bonds. The highest BCUT2D eigenvalue weighted by Crippen LogP contribution is 2.18. The van der Waals surface area contributed by atoms with Crippen LogP contribution >= 0.6 is 0 Å². The van der Waals surface area contributed by atoms with Crippen LogP contribution in [0, 0.1) is 6.92 Å². The van der Waals surface area contributed by atoms with Crippen molar-refractivity contribution < 1.29 is 27.1 Å². The van der Waals surface area contributed by atoms with E-state index in [9.17, 15) is 18.0 Å². The number of rotatable bonds is 9. The molecule has 0 aliphatic carbocycles. The van der Waals surface area contributed by atoms with Gasteiger partial charge in [0.25, 0.3) is 5.91 Å². The molecule has 164 valence electrons. The maximum absolute atomic E-state index is 12.2. The lowest BCUT2D eigenvalue weighted by molar-refractivity contribution is -0.153. The molecular formula is C20H25F3N4O3. The molecule has 10 heteroatoms. The van der Waals surface area contributed by atoms with Gasteiger partial charge in [-0.1, -0.05) is 12.1 Å². The number of halogens is 3. The zero-order valence-corrected chi connectivity index (χ0v) is 16.8. The number of nitrogens with one attached hydrogen (secondary N) is 3. The van der Waals surface area contributed by atoms with Crippen molar-refractivity contribution in [1.29, 1.82) is 0 Å². The zero-order valence-electron chi connectivity index (χ0n) is 16.8. The van der Waals surface area contributed by atoms with E-state index in [2.05, 4.69) is 25.7 Å². The molecule has 1 aromatic carbocycles. The number of aliphatic imine (C=N–C) groups is 1. The zero-order chi connectivity index (χ0) is 22.0. The topological polar surface area (TPSA) is 87.9 Å². The van der Waals surface area contributed by atoms with E-state index in [1.54, 1.807) is 32.2 Å². The molecule has 2 rings (SSSR count). The molecule has 1 aromatic heterocycles. The van der Waals surface area contributed by atoms with E-state index in [0.717, 1.165) is 11.1 Å².